The zero-order valence-electron chi connectivity index (χ0n) is 13.5. The van der Waals surface area contributed by atoms with Crippen molar-refractivity contribution in [2.24, 2.45) is 0 Å². The minimum atomic E-state index is -0.178. The third-order valence-corrected chi connectivity index (χ3v) is 4.62. The van der Waals surface area contributed by atoms with Crippen LogP contribution in [0.3, 0.4) is 0 Å². The highest BCUT2D eigenvalue weighted by atomic mass is 32.1. The first-order valence-electron chi connectivity index (χ1n) is 7.95. The summed E-state index contributed by atoms with van der Waals surface area (Å²) in [6, 6.07) is 19.9. The molecule has 0 fully saturated rings. The number of carbonyl (C=O) groups excluding carboxylic acids is 1. The number of nitrogens with one attached hydrogen (secondary N) is 2. The Bertz CT molecular complexity index is 767. The summed E-state index contributed by atoms with van der Waals surface area (Å²) in [5, 5.41) is 9.98. The second-order valence-electron chi connectivity index (χ2n) is 5.74. The number of anilines is 1. The van der Waals surface area contributed by atoms with Gasteiger partial charge in [0.1, 0.15) is 0 Å². The average molecular weight is 336 g/mol. The van der Waals surface area contributed by atoms with E-state index in [1.165, 1.54) is 16.7 Å². The molecule has 0 spiro atoms. The molecule has 1 heterocycles. The van der Waals surface area contributed by atoms with Gasteiger partial charge in [-0.2, -0.15) is 11.3 Å². The van der Waals surface area contributed by atoms with E-state index in [9.17, 15) is 4.79 Å². The Kier molecular flexibility index (Phi) is 5.29. The number of carbonyl (C=O) groups is 1. The van der Waals surface area contributed by atoms with Crippen molar-refractivity contribution < 1.29 is 4.79 Å². The Balaban J connectivity index is 1.53. The van der Waals surface area contributed by atoms with Crippen molar-refractivity contribution in [2.45, 2.75) is 12.8 Å². The first kappa shape index (κ1) is 16.3. The van der Waals surface area contributed by atoms with Crippen LogP contribution >= 0.6 is 11.3 Å². The molecule has 0 aliphatic heterocycles. The van der Waals surface area contributed by atoms with Gasteiger partial charge in [-0.1, -0.05) is 49.4 Å². The molecule has 0 aliphatic carbocycles. The molecular formula is C20H20N2OS. The van der Waals surface area contributed by atoms with Crippen LogP contribution in [0, 0.1) is 0 Å². The maximum atomic E-state index is 11.9. The van der Waals surface area contributed by atoms with Crippen molar-refractivity contribution in [3.05, 3.63) is 77.0 Å². The quantitative estimate of drug-likeness (QED) is 0.649. The van der Waals surface area contributed by atoms with Gasteiger partial charge in [0.25, 0.3) is 0 Å². The maximum Gasteiger partial charge on any atom is 0.319 e. The highest BCUT2D eigenvalue weighted by Crippen LogP contribution is 2.24. The van der Waals surface area contributed by atoms with Gasteiger partial charge in [-0.15, -0.1) is 0 Å². The smallest absolute Gasteiger partial charge is 0.319 e. The fourth-order valence-corrected chi connectivity index (χ4v) is 3.16. The van der Waals surface area contributed by atoms with Gasteiger partial charge >= 0.3 is 6.03 Å². The van der Waals surface area contributed by atoms with Crippen LogP contribution in [0.5, 0.6) is 0 Å². The summed E-state index contributed by atoms with van der Waals surface area (Å²) in [6.45, 7) is 2.71. The number of benzene rings is 2. The summed E-state index contributed by atoms with van der Waals surface area (Å²) in [4.78, 5) is 11.9. The zero-order valence-corrected chi connectivity index (χ0v) is 14.3. The second kappa shape index (κ2) is 7.79. The Morgan fingerprint density at radius 2 is 1.75 bits per heavy atom. The summed E-state index contributed by atoms with van der Waals surface area (Å²) >= 11 is 1.70. The van der Waals surface area contributed by atoms with Gasteiger partial charge in [0.2, 0.25) is 0 Å². The summed E-state index contributed by atoms with van der Waals surface area (Å²) in [6.07, 6.45) is 0. The van der Waals surface area contributed by atoms with Crippen molar-refractivity contribution in [3.8, 4) is 11.1 Å². The van der Waals surface area contributed by atoms with Crippen LogP contribution in [-0.2, 0) is 0 Å². The number of urea groups is 1. The van der Waals surface area contributed by atoms with Gasteiger partial charge in [0.05, 0.1) is 0 Å². The monoisotopic (exact) mass is 336 g/mol. The number of para-hydroxylation sites is 1. The van der Waals surface area contributed by atoms with Crippen LogP contribution in [0.15, 0.2) is 71.4 Å². The molecule has 1 aromatic heterocycles. The second-order valence-corrected chi connectivity index (χ2v) is 6.52. The molecule has 3 aromatic rings. The molecule has 0 bridgehead atoms. The molecule has 0 saturated heterocycles. The Hall–Kier alpha value is -2.59. The van der Waals surface area contributed by atoms with Crippen LogP contribution in [0.2, 0.25) is 0 Å². The van der Waals surface area contributed by atoms with E-state index in [-0.39, 0.29) is 11.9 Å². The standard InChI is InChI=1S/C20H20N2OS/c1-15(13-21-20(23)22-19-5-3-2-4-6-19)16-7-9-17(10-8-16)18-11-12-24-14-18/h2-12,14-15H,13H2,1H3,(H2,21,22,23). The normalized spacial score (nSPS) is 11.7. The van der Waals surface area contributed by atoms with Gasteiger partial charge < -0.3 is 10.6 Å². The predicted octanol–water partition coefficient (Wildman–Crippen LogP) is 5.34. The summed E-state index contributed by atoms with van der Waals surface area (Å²) in [7, 11) is 0. The molecule has 0 radical (unpaired) electrons. The fourth-order valence-electron chi connectivity index (χ4n) is 2.49. The number of rotatable bonds is 5. The van der Waals surface area contributed by atoms with Crippen molar-refractivity contribution in [2.75, 3.05) is 11.9 Å². The Labute approximate surface area is 146 Å². The van der Waals surface area contributed by atoms with E-state index in [1.54, 1.807) is 11.3 Å². The van der Waals surface area contributed by atoms with E-state index < -0.39 is 0 Å². The molecule has 24 heavy (non-hydrogen) atoms. The molecule has 0 saturated carbocycles. The molecule has 1 unspecified atom stereocenters. The highest BCUT2D eigenvalue weighted by molar-refractivity contribution is 7.08. The summed E-state index contributed by atoms with van der Waals surface area (Å²) in [5.74, 6) is 0.253. The van der Waals surface area contributed by atoms with E-state index in [1.807, 2.05) is 30.3 Å². The minimum Gasteiger partial charge on any atom is -0.337 e. The van der Waals surface area contributed by atoms with Crippen LogP contribution in [0.4, 0.5) is 10.5 Å². The van der Waals surface area contributed by atoms with Crippen LogP contribution < -0.4 is 10.6 Å². The van der Waals surface area contributed by atoms with E-state index in [4.69, 9.17) is 0 Å². The van der Waals surface area contributed by atoms with E-state index in [0.717, 1.165) is 5.69 Å². The van der Waals surface area contributed by atoms with Gasteiger partial charge in [0.15, 0.2) is 0 Å². The molecule has 2 amide bonds. The van der Waals surface area contributed by atoms with E-state index >= 15 is 0 Å². The van der Waals surface area contributed by atoms with E-state index in [0.29, 0.717) is 6.54 Å². The van der Waals surface area contributed by atoms with Gasteiger partial charge in [-0.25, -0.2) is 4.79 Å². The van der Waals surface area contributed by atoms with Crippen LogP contribution in [0.1, 0.15) is 18.4 Å². The third kappa shape index (κ3) is 4.24. The lowest BCUT2D eigenvalue weighted by atomic mass is 9.98. The number of amides is 2. The molecule has 2 aromatic carbocycles. The molecule has 2 N–H and O–H groups in total. The van der Waals surface area contributed by atoms with Crippen molar-refractivity contribution in [1.29, 1.82) is 0 Å². The van der Waals surface area contributed by atoms with Gasteiger partial charge in [0, 0.05) is 12.2 Å². The zero-order chi connectivity index (χ0) is 16.8. The van der Waals surface area contributed by atoms with E-state index in [2.05, 4.69) is 58.6 Å². The number of hydrogen-bond donors (Lipinski definition) is 2. The molecule has 3 nitrogen and oxygen atoms in total. The number of thiophene rings is 1. The summed E-state index contributed by atoms with van der Waals surface area (Å²) < 4.78 is 0. The minimum absolute atomic E-state index is 0.178. The molecule has 4 heteroatoms. The maximum absolute atomic E-state index is 11.9. The molecule has 3 rings (SSSR count). The van der Waals surface area contributed by atoms with Crippen molar-refractivity contribution >= 4 is 23.1 Å². The average Bonchev–Trinajstić information content (AvgIpc) is 3.15. The van der Waals surface area contributed by atoms with Crippen LogP contribution in [-0.4, -0.2) is 12.6 Å². The lowest BCUT2D eigenvalue weighted by molar-refractivity contribution is 0.251. The van der Waals surface area contributed by atoms with Crippen molar-refractivity contribution in [1.82, 2.24) is 5.32 Å². The first-order valence-corrected chi connectivity index (χ1v) is 8.89. The molecular weight excluding hydrogens is 316 g/mol. The largest absolute Gasteiger partial charge is 0.337 e. The summed E-state index contributed by atoms with van der Waals surface area (Å²) in [5.41, 5.74) is 4.48. The lowest BCUT2D eigenvalue weighted by Gasteiger charge is -2.14. The van der Waals surface area contributed by atoms with Crippen LogP contribution in [0.25, 0.3) is 11.1 Å². The van der Waals surface area contributed by atoms with Gasteiger partial charge in [-0.3, -0.25) is 0 Å². The molecule has 122 valence electrons. The fraction of sp³-hybridized carbons (Fsp3) is 0.150. The number of hydrogen-bond acceptors (Lipinski definition) is 2. The predicted molar refractivity (Wildman–Crippen MR) is 102 cm³/mol. The highest BCUT2D eigenvalue weighted by Gasteiger charge is 2.08. The molecule has 1 atom stereocenters. The SMILES string of the molecule is CC(CNC(=O)Nc1ccccc1)c1ccc(-c2ccsc2)cc1. The Morgan fingerprint density at radius 3 is 2.42 bits per heavy atom. The van der Waals surface area contributed by atoms with Crippen molar-refractivity contribution in [3.63, 3.8) is 0 Å². The third-order valence-electron chi connectivity index (χ3n) is 3.93. The molecule has 0 aliphatic rings. The lowest BCUT2D eigenvalue weighted by Crippen LogP contribution is -2.31. The van der Waals surface area contributed by atoms with Gasteiger partial charge in [-0.05, 0) is 51.6 Å². The Morgan fingerprint density at radius 1 is 1.00 bits per heavy atom. The topological polar surface area (TPSA) is 41.1 Å². The first-order chi connectivity index (χ1) is 11.7.